The topological polar surface area (TPSA) is 15.3 Å². The van der Waals surface area contributed by atoms with Gasteiger partial charge in [0, 0.05) is 17.6 Å². The molecule has 1 N–H and O–H groups in total. The van der Waals surface area contributed by atoms with Crippen LogP contribution in [0.4, 0.5) is 0 Å². The summed E-state index contributed by atoms with van der Waals surface area (Å²) in [5.41, 5.74) is 1.22. The molecule has 0 spiro atoms. The van der Waals surface area contributed by atoms with E-state index in [1.807, 2.05) is 12.1 Å². The van der Waals surface area contributed by atoms with Crippen molar-refractivity contribution in [3.63, 3.8) is 0 Å². The highest BCUT2D eigenvalue weighted by atomic mass is 35.5. The summed E-state index contributed by atoms with van der Waals surface area (Å²) in [5.74, 6) is 0.762. The van der Waals surface area contributed by atoms with E-state index in [4.69, 9.17) is 11.6 Å². The standard InChI is InChI=1S/C17H29ClN2/c1-5-14(3)13-20(4)12-11-17(19-6-2)15-9-7-8-10-16(15)18/h7-10,14,17,19H,5-6,11-13H2,1-4H3. The molecule has 0 saturated carbocycles. The van der Waals surface area contributed by atoms with Gasteiger partial charge in [-0.2, -0.15) is 0 Å². The van der Waals surface area contributed by atoms with Gasteiger partial charge in [-0.1, -0.05) is 57.0 Å². The van der Waals surface area contributed by atoms with E-state index in [1.165, 1.54) is 12.0 Å². The summed E-state index contributed by atoms with van der Waals surface area (Å²) in [6.45, 7) is 9.93. The lowest BCUT2D eigenvalue weighted by atomic mass is 10.0. The van der Waals surface area contributed by atoms with Crippen LogP contribution in [0.2, 0.25) is 5.02 Å². The highest BCUT2D eigenvalue weighted by Crippen LogP contribution is 2.25. The van der Waals surface area contributed by atoms with Crippen LogP contribution in [-0.4, -0.2) is 31.6 Å². The van der Waals surface area contributed by atoms with Crippen LogP contribution >= 0.6 is 11.6 Å². The Bertz CT molecular complexity index is 381. The predicted octanol–water partition coefficient (Wildman–Crippen LogP) is 4.36. The number of halogens is 1. The minimum atomic E-state index is 0.341. The number of nitrogens with zero attached hydrogens (tertiary/aromatic N) is 1. The van der Waals surface area contributed by atoms with Gasteiger partial charge in [-0.25, -0.2) is 0 Å². The molecule has 2 atom stereocenters. The van der Waals surface area contributed by atoms with Crippen LogP contribution < -0.4 is 5.32 Å². The molecule has 0 aliphatic rings. The Labute approximate surface area is 129 Å². The number of hydrogen-bond donors (Lipinski definition) is 1. The highest BCUT2D eigenvalue weighted by molar-refractivity contribution is 6.31. The average molecular weight is 297 g/mol. The van der Waals surface area contributed by atoms with Gasteiger partial charge in [-0.15, -0.1) is 0 Å². The largest absolute Gasteiger partial charge is 0.310 e. The fourth-order valence-electron chi connectivity index (χ4n) is 2.47. The van der Waals surface area contributed by atoms with Crippen molar-refractivity contribution >= 4 is 11.6 Å². The van der Waals surface area contributed by atoms with Crippen molar-refractivity contribution in [1.82, 2.24) is 10.2 Å². The van der Waals surface area contributed by atoms with E-state index >= 15 is 0 Å². The predicted molar refractivity (Wildman–Crippen MR) is 89.4 cm³/mol. The van der Waals surface area contributed by atoms with Crippen LogP contribution in [0, 0.1) is 5.92 Å². The van der Waals surface area contributed by atoms with E-state index < -0.39 is 0 Å². The summed E-state index contributed by atoms with van der Waals surface area (Å²) in [5, 5.41) is 4.42. The number of hydrogen-bond acceptors (Lipinski definition) is 2. The van der Waals surface area contributed by atoms with Crippen LogP contribution in [0.3, 0.4) is 0 Å². The van der Waals surface area contributed by atoms with E-state index in [2.05, 4.69) is 50.2 Å². The molecular weight excluding hydrogens is 268 g/mol. The zero-order valence-electron chi connectivity index (χ0n) is 13.3. The molecule has 0 aromatic heterocycles. The summed E-state index contributed by atoms with van der Waals surface area (Å²) >= 11 is 6.32. The SMILES string of the molecule is CCNC(CCN(C)CC(C)CC)c1ccccc1Cl. The second kappa shape index (κ2) is 9.38. The smallest absolute Gasteiger partial charge is 0.0453 e. The van der Waals surface area contributed by atoms with Gasteiger partial charge in [0.15, 0.2) is 0 Å². The Balaban J connectivity index is 2.58. The van der Waals surface area contributed by atoms with Crippen molar-refractivity contribution in [2.24, 2.45) is 5.92 Å². The highest BCUT2D eigenvalue weighted by Gasteiger charge is 2.14. The first kappa shape index (κ1) is 17.5. The Kier molecular flexibility index (Phi) is 8.20. The minimum absolute atomic E-state index is 0.341. The second-order valence-electron chi connectivity index (χ2n) is 5.70. The molecule has 114 valence electrons. The van der Waals surface area contributed by atoms with Gasteiger partial charge in [0.2, 0.25) is 0 Å². The molecular formula is C17H29ClN2. The number of nitrogens with one attached hydrogen (secondary N) is 1. The van der Waals surface area contributed by atoms with E-state index in [-0.39, 0.29) is 0 Å². The Hall–Kier alpha value is -0.570. The third kappa shape index (κ3) is 5.82. The van der Waals surface area contributed by atoms with Crippen LogP contribution in [0.5, 0.6) is 0 Å². The maximum atomic E-state index is 6.32. The Morgan fingerprint density at radius 3 is 2.55 bits per heavy atom. The minimum Gasteiger partial charge on any atom is -0.310 e. The fraction of sp³-hybridized carbons (Fsp3) is 0.647. The van der Waals surface area contributed by atoms with Crippen LogP contribution in [0.25, 0.3) is 0 Å². The van der Waals surface area contributed by atoms with Gasteiger partial charge in [0.25, 0.3) is 0 Å². The molecule has 0 aliphatic carbocycles. The van der Waals surface area contributed by atoms with Gasteiger partial charge in [-0.3, -0.25) is 0 Å². The van der Waals surface area contributed by atoms with E-state index in [0.717, 1.165) is 37.0 Å². The molecule has 2 nitrogen and oxygen atoms in total. The van der Waals surface area contributed by atoms with Crippen molar-refractivity contribution in [2.75, 3.05) is 26.7 Å². The lowest BCUT2D eigenvalue weighted by molar-refractivity contribution is 0.266. The van der Waals surface area contributed by atoms with Gasteiger partial charge in [0.05, 0.1) is 0 Å². The first-order valence-corrected chi connectivity index (χ1v) is 8.12. The summed E-state index contributed by atoms with van der Waals surface area (Å²) in [6.07, 6.45) is 2.33. The molecule has 2 unspecified atom stereocenters. The average Bonchev–Trinajstić information content (AvgIpc) is 2.44. The Morgan fingerprint density at radius 1 is 1.25 bits per heavy atom. The van der Waals surface area contributed by atoms with Gasteiger partial charge in [-0.05, 0) is 44.1 Å². The molecule has 20 heavy (non-hydrogen) atoms. The van der Waals surface area contributed by atoms with Crippen molar-refractivity contribution < 1.29 is 0 Å². The van der Waals surface area contributed by atoms with Crippen molar-refractivity contribution in [3.8, 4) is 0 Å². The molecule has 0 heterocycles. The zero-order chi connectivity index (χ0) is 15.0. The first-order chi connectivity index (χ1) is 9.58. The van der Waals surface area contributed by atoms with E-state index in [9.17, 15) is 0 Å². The summed E-state index contributed by atoms with van der Waals surface area (Å²) < 4.78 is 0. The molecule has 0 radical (unpaired) electrons. The number of rotatable bonds is 9. The zero-order valence-corrected chi connectivity index (χ0v) is 14.1. The lowest BCUT2D eigenvalue weighted by Crippen LogP contribution is -2.30. The maximum Gasteiger partial charge on any atom is 0.0453 e. The quantitative estimate of drug-likeness (QED) is 0.728. The Morgan fingerprint density at radius 2 is 1.95 bits per heavy atom. The fourth-order valence-corrected chi connectivity index (χ4v) is 2.74. The van der Waals surface area contributed by atoms with E-state index in [1.54, 1.807) is 0 Å². The molecule has 0 amide bonds. The van der Waals surface area contributed by atoms with Crippen molar-refractivity contribution in [2.45, 2.75) is 39.7 Å². The summed E-state index contributed by atoms with van der Waals surface area (Å²) in [4.78, 5) is 2.43. The third-order valence-corrected chi connectivity index (χ3v) is 4.20. The molecule has 1 aromatic rings. The molecule has 0 saturated heterocycles. The van der Waals surface area contributed by atoms with Gasteiger partial charge in [0.1, 0.15) is 0 Å². The van der Waals surface area contributed by atoms with Crippen molar-refractivity contribution in [3.05, 3.63) is 34.9 Å². The lowest BCUT2D eigenvalue weighted by Gasteiger charge is -2.25. The van der Waals surface area contributed by atoms with Crippen molar-refractivity contribution in [1.29, 1.82) is 0 Å². The molecule has 0 bridgehead atoms. The third-order valence-electron chi connectivity index (χ3n) is 3.85. The molecule has 0 aliphatic heterocycles. The molecule has 1 rings (SSSR count). The number of benzene rings is 1. The van der Waals surface area contributed by atoms with Crippen LogP contribution in [0.15, 0.2) is 24.3 Å². The summed E-state index contributed by atoms with van der Waals surface area (Å²) in [7, 11) is 2.21. The first-order valence-electron chi connectivity index (χ1n) is 7.74. The van der Waals surface area contributed by atoms with Gasteiger partial charge < -0.3 is 10.2 Å². The normalized spacial score (nSPS) is 14.5. The molecule has 3 heteroatoms. The van der Waals surface area contributed by atoms with E-state index in [0.29, 0.717) is 6.04 Å². The summed E-state index contributed by atoms with van der Waals surface area (Å²) in [6, 6.07) is 8.50. The van der Waals surface area contributed by atoms with Crippen LogP contribution in [-0.2, 0) is 0 Å². The molecule has 1 aromatic carbocycles. The molecule has 0 fully saturated rings. The second-order valence-corrected chi connectivity index (χ2v) is 6.10. The maximum absolute atomic E-state index is 6.32. The van der Waals surface area contributed by atoms with Gasteiger partial charge >= 0.3 is 0 Å². The monoisotopic (exact) mass is 296 g/mol. The van der Waals surface area contributed by atoms with Crippen LogP contribution in [0.1, 0.15) is 45.2 Å².